The first-order valence-corrected chi connectivity index (χ1v) is 3.40. The molecule has 1 unspecified atom stereocenters. The maximum absolute atomic E-state index is 10.2. The molecule has 0 aromatic carbocycles. The highest BCUT2D eigenvalue weighted by atomic mass is 32.2. The minimum atomic E-state index is -2.68. The van der Waals surface area contributed by atoms with Crippen molar-refractivity contribution in [3.63, 3.8) is 0 Å². The largest absolute Gasteiger partial charge is 0.755 e. The van der Waals surface area contributed by atoms with E-state index in [4.69, 9.17) is 5.11 Å². The summed E-state index contributed by atoms with van der Waals surface area (Å²) in [5, 5.41) is 8.21. The molecule has 0 rings (SSSR count). The monoisotopic (exact) mass is 167 g/mol. The summed E-state index contributed by atoms with van der Waals surface area (Å²) in [6.45, 7) is -0.734. The molecule has 0 spiro atoms. The van der Waals surface area contributed by atoms with Crippen molar-refractivity contribution in [3.8, 4) is 0 Å². The van der Waals surface area contributed by atoms with Crippen LogP contribution in [0, 0.1) is 0 Å². The number of nitrogens with zero attached hydrogens (tertiary/aromatic N) is 1. The first-order chi connectivity index (χ1) is 4.59. The molecule has 2 amide bonds. The van der Waals surface area contributed by atoms with Gasteiger partial charge in [0.1, 0.15) is 0 Å². The summed E-state index contributed by atoms with van der Waals surface area (Å²) in [5.74, 6) is 0. The SMILES string of the molecule is NC(=O)N(CCO)S(=O)[O-]. The summed E-state index contributed by atoms with van der Waals surface area (Å²) in [7, 11) is 0. The minimum absolute atomic E-state index is 0.300. The van der Waals surface area contributed by atoms with Crippen molar-refractivity contribution >= 4 is 17.3 Å². The van der Waals surface area contributed by atoms with Crippen LogP contribution >= 0.6 is 0 Å². The lowest BCUT2D eigenvalue weighted by Gasteiger charge is -2.20. The molecule has 0 fully saturated rings. The van der Waals surface area contributed by atoms with Crippen LogP contribution in [-0.2, 0) is 11.3 Å². The van der Waals surface area contributed by atoms with Crippen LogP contribution in [0.2, 0.25) is 0 Å². The normalized spacial score (nSPS) is 12.6. The quantitative estimate of drug-likeness (QED) is 0.481. The number of amides is 2. The van der Waals surface area contributed by atoms with Crippen LogP contribution in [0.4, 0.5) is 4.79 Å². The van der Waals surface area contributed by atoms with E-state index in [1.165, 1.54) is 0 Å². The van der Waals surface area contributed by atoms with Gasteiger partial charge in [0.05, 0.1) is 24.4 Å². The third-order valence-electron chi connectivity index (χ3n) is 0.729. The number of hydrogen-bond donors (Lipinski definition) is 2. The van der Waals surface area contributed by atoms with E-state index in [1.807, 2.05) is 0 Å². The molecule has 3 N–H and O–H groups in total. The molecule has 10 heavy (non-hydrogen) atoms. The average molecular weight is 167 g/mol. The van der Waals surface area contributed by atoms with Crippen LogP contribution in [0.5, 0.6) is 0 Å². The zero-order valence-corrected chi connectivity index (χ0v) is 5.84. The number of nitrogens with two attached hydrogens (primary N) is 1. The highest BCUT2D eigenvalue weighted by Crippen LogP contribution is 1.88. The van der Waals surface area contributed by atoms with Gasteiger partial charge in [0.25, 0.3) is 0 Å². The second kappa shape index (κ2) is 4.20. The lowest BCUT2D eigenvalue weighted by Crippen LogP contribution is -2.38. The predicted molar refractivity (Wildman–Crippen MR) is 32.3 cm³/mol. The maximum Gasteiger partial charge on any atom is 0.325 e. The molecule has 0 radical (unpaired) electrons. The molecule has 0 saturated carbocycles. The van der Waals surface area contributed by atoms with E-state index in [0.29, 0.717) is 4.31 Å². The van der Waals surface area contributed by atoms with Crippen LogP contribution in [-0.4, -0.2) is 37.4 Å². The molecule has 0 aliphatic rings. The molecule has 0 bridgehead atoms. The molecule has 1 atom stereocenters. The standard InChI is InChI=1S/C3H8N2O4S/c4-3(7)5(1-2-6)10(8)9/h6H,1-2H2,(H2,4,7)(H,8,9)/p-1. The second-order valence-corrected chi connectivity index (χ2v) is 2.26. The van der Waals surface area contributed by atoms with E-state index < -0.39 is 23.9 Å². The first-order valence-electron chi connectivity index (χ1n) is 2.36. The maximum atomic E-state index is 10.2. The molecule has 7 heteroatoms. The number of carbonyl (C=O) groups excluding carboxylic acids is 1. The van der Waals surface area contributed by atoms with Crippen LogP contribution in [0.3, 0.4) is 0 Å². The topological polar surface area (TPSA) is 107 Å². The van der Waals surface area contributed by atoms with E-state index in [0.717, 1.165) is 0 Å². The van der Waals surface area contributed by atoms with E-state index in [2.05, 4.69) is 5.73 Å². The zero-order chi connectivity index (χ0) is 8.15. The van der Waals surface area contributed by atoms with Gasteiger partial charge in [-0.2, -0.15) is 0 Å². The number of carbonyl (C=O) groups is 1. The lowest BCUT2D eigenvalue weighted by molar-refractivity contribution is 0.215. The first kappa shape index (κ1) is 9.34. The van der Waals surface area contributed by atoms with Gasteiger partial charge in [-0.05, 0) is 0 Å². The summed E-state index contributed by atoms with van der Waals surface area (Å²) >= 11 is -2.68. The van der Waals surface area contributed by atoms with Crippen LogP contribution in [0.1, 0.15) is 0 Å². The molecule has 0 saturated heterocycles. The van der Waals surface area contributed by atoms with Crippen molar-refractivity contribution in [2.75, 3.05) is 13.2 Å². The Balaban J connectivity index is 3.98. The fourth-order valence-corrected chi connectivity index (χ4v) is 0.727. The van der Waals surface area contributed by atoms with Crippen molar-refractivity contribution in [1.29, 1.82) is 0 Å². The van der Waals surface area contributed by atoms with Crippen LogP contribution < -0.4 is 5.73 Å². The fraction of sp³-hybridized carbons (Fsp3) is 0.667. The van der Waals surface area contributed by atoms with Gasteiger partial charge >= 0.3 is 6.03 Å². The Morgan fingerprint density at radius 2 is 2.30 bits per heavy atom. The Morgan fingerprint density at radius 1 is 1.80 bits per heavy atom. The predicted octanol–water partition coefficient (Wildman–Crippen LogP) is -1.85. The Labute approximate surface area is 60.0 Å². The molecule has 6 nitrogen and oxygen atoms in total. The van der Waals surface area contributed by atoms with Gasteiger partial charge in [0.15, 0.2) is 0 Å². The van der Waals surface area contributed by atoms with Crippen LogP contribution in [0.25, 0.3) is 0 Å². The number of rotatable bonds is 3. The van der Waals surface area contributed by atoms with Gasteiger partial charge < -0.3 is 15.4 Å². The van der Waals surface area contributed by atoms with Crippen molar-refractivity contribution in [2.24, 2.45) is 5.73 Å². The summed E-state index contributed by atoms with van der Waals surface area (Å²) in [5.41, 5.74) is 4.61. The van der Waals surface area contributed by atoms with Gasteiger partial charge in [-0.1, -0.05) is 0 Å². The Kier molecular flexibility index (Phi) is 3.93. The van der Waals surface area contributed by atoms with Gasteiger partial charge in [-0.25, -0.2) is 4.79 Å². The molecule has 0 heterocycles. The highest BCUT2D eigenvalue weighted by molar-refractivity contribution is 7.77. The highest BCUT2D eigenvalue weighted by Gasteiger charge is 2.07. The summed E-state index contributed by atoms with van der Waals surface area (Å²) in [4.78, 5) is 10.2. The third-order valence-corrected chi connectivity index (χ3v) is 1.45. The smallest absolute Gasteiger partial charge is 0.325 e. The number of urea groups is 1. The lowest BCUT2D eigenvalue weighted by atomic mass is 10.7. The number of primary amides is 1. The zero-order valence-electron chi connectivity index (χ0n) is 5.02. The Morgan fingerprint density at radius 3 is 2.40 bits per heavy atom. The third kappa shape index (κ3) is 2.76. The molecule has 0 aromatic rings. The average Bonchev–Trinajstić information content (AvgIpc) is 1.81. The van der Waals surface area contributed by atoms with Crippen molar-refractivity contribution in [3.05, 3.63) is 0 Å². The van der Waals surface area contributed by atoms with E-state index in [-0.39, 0.29) is 6.54 Å². The number of hydrogen-bond acceptors (Lipinski definition) is 4. The molecule has 0 aliphatic heterocycles. The molecular weight excluding hydrogens is 160 g/mol. The van der Waals surface area contributed by atoms with E-state index >= 15 is 0 Å². The number of aliphatic hydroxyl groups excluding tert-OH is 1. The van der Waals surface area contributed by atoms with Crippen LogP contribution in [0.15, 0.2) is 0 Å². The van der Waals surface area contributed by atoms with Gasteiger partial charge in [0.2, 0.25) is 0 Å². The second-order valence-electron chi connectivity index (χ2n) is 1.38. The summed E-state index contributed by atoms with van der Waals surface area (Å²) in [6, 6.07) is -1.10. The van der Waals surface area contributed by atoms with Crippen molar-refractivity contribution in [2.45, 2.75) is 0 Å². The van der Waals surface area contributed by atoms with Gasteiger partial charge in [-0.15, -0.1) is 0 Å². The summed E-state index contributed by atoms with van der Waals surface area (Å²) in [6.07, 6.45) is 0. The Hall–Kier alpha value is -0.660. The van der Waals surface area contributed by atoms with Gasteiger partial charge in [-0.3, -0.25) is 8.51 Å². The fourth-order valence-electron chi connectivity index (χ4n) is 0.349. The number of aliphatic hydroxyl groups is 1. The molecule has 0 aliphatic carbocycles. The van der Waals surface area contributed by atoms with E-state index in [1.54, 1.807) is 0 Å². The Bertz CT molecular complexity index is 135. The molecule has 0 aromatic heterocycles. The summed E-state index contributed by atoms with van der Waals surface area (Å²) < 4.78 is 20.4. The molecular formula is C3H7N2O4S-. The van der Waals surface area contributed by atoms with Gasteiger partial charge in [0, 0.05) is 0 Å². The van der Waals surface area contributed by atoms with Crippen molar-refractivity contribution in [1.82, 2.24) is 4.31 Å². The molecule has 60 valence electrons. The van der Waals surface area contributed by atoms with E-state index in [9.17, 15) is 13.6 Å². The van der Waals surface area contributed by atoms with Crippen molar-refractivity contribution < 1.29 is 18.7 Å². The minimum Gasteiger partial charge on any atom is -0.755 e.